The zero-order valence-corrected chi connectivity index (χ0v) is 16.0. The number of nitrogens with one attached hydrogen (secondary N) is 2. The lowest BCUT2D eigenvalue weighted by Gasteiger charge is -2.07. The Labute approximate surface area is 162 Å². The van der Waals surface area contributed by atoms with Gasteiger partial charge in [0.1, 0.15) is 17.2 Å². The summed E-state index contributed by atoms with van der Waals surface area (Å²) in [6.07, 6.45) is 0.210. The number of ether oxygens (including phenoxy) is 3. The van der Waals surface area contributed by atoms with Gasteiger partial charge in [0.15, 0.2) is 5.82 Å². The quantitative estimate of drug-likeness (QED) is 0.621. The van der Waals surface area contributed by atoms with E-state index in [-0.39, 0.29) is 18.3 Å². The van der Waals surface area contributed by atoms with Crippen LogP contribution in [0.4, 0.5) is 5.95 Å². The molecule has 3 aromatic rings. The molecular formula is C20H22N4O4. The Morgan fingerprint density at radius 2 is 1.82 bits per heavy atom. The van der Waals surface area contributed by atoms with Crippen LogP contribution < -0.4 is 19.5 Å². The lowest BCUT2D eigenvalue weighted by Crippen LogP contribution is -2.15. The van der Waals surface area contributed by atoms with E-state index in [4.69, 9.17) is 14.2 Å². The van der Waals surface area contributed by atoms with Crippen LogP contribution in [0.25, 0.3) is 11.4 Å². The maximum atomic E-state index is 12.3. The topological polar surface area (TPSA) is 98.4 Å². The van der Waals surface area contributed by atoms with Gasteiger partial charge >= 0.3 is 0 Å². The molecule has 0 bridgehead atoms. The van der Waals surface area contributed by atoms with Crippen molar-refractivity contribution in [2.24, 2.45) is 0 Å². The fourth-order valence-corrected chi connectivity index (χ4v) is 2.66. The Kier molecular flexibility index (Phi) is 6.11. The molecule has 1 aromatic heterocycles. The standard InChI is InChI=1S/C20H22N4O4/c1-4-28-14-7-5-13(6-8-14)11-18(25)21-20-22-19(23-24-20)16-10-9-15(26-2)12-17(16)27-3/h5-10,12H,4,11H2,1-3H3,(H2,21,22,23,24,25). The van der Waals surface area contributed by atoms with Gasteiger partial charge in [-0.1, -0.05) is 12.1 Å². The molecule has 0 saturated carbocycles. The van der Waals surface area contributed by atoms with Crippen molar-refractivity contribution in [3.8, 4) is 28.6 Å². The highest BCUT2D eigenvalue weighted by atomic mass is 16.5. The van der Waals surface area contributed by atoms with Gasteiger partial charge in [0.05, 0.1) is 32.8 Å². The molecule has 8 heteroatoms. The molecule has 2 aromatic carbocycles. The number of hydrogen-bond donors (Lipinski definition) is 2. The Bertz CT molecular complexity index is 938. The van der Waals surface area contributed by atoms with Gasteiger partial charge in [0.2, 0.25) is 11.9 Å². The van der Waals surface area contributed by atoms with Gasteiger partial charge < -0.3 is 14.2 Å². The van der Waals surface area contributed by atoms with Crippen LogP contribution in [0.3, 0.4) is 0 Å². The van der Waals surface area contributed by atoms with Crippen molar-refractivity contribution < 1.29 is 19.0 Å². The number of methoxy groups -OCH3 is 2. The molecule has 2 N–H and O–H groups in total. The first-order valence-corrected chi connectivity index (χ1v) is 8.79. The van der Waals surface area contributed by atoms with Crippen LogP contribution in [0.1, 0.15) is 12.5 Å². The summed E-state index contributed by atoms with van der Waals surface area (Å²) in [5.74, 6) is 2.50. The van der Waals surface area contributed by atoms with Crippen LogP contribution in [-0.2, 0) is 11.2 Å². The smallest absolute Gasteiger partial charge is 0.249 e. The van der Waals surface area contributed by atoms with Gasteiger partial charge in [-0.2, -0.15) is 4.98 Å². The number of aromatic nitrogens is 3. The molecule has 28 heavy (non-hydrogen) atoms. The SMILES string of the molecule is CCOc1ccc(CC(=O)Nc2n[nH]c(-c3ccc(OC)cc3OC)n2)cc1. The Balaban J connectivity index is 1.66. The average Bonchev–Trinajstić information content (AvgIpc) is 3.17. The van der Waals surface area contributed by atoms with E-state index in [1.54, 1.807) is 26.4 Å². The number of amides is 1. The number of carbonyl (C=O) groups is 1. The van der Waals surface area contributed by atoms with Crippen molar-refractivity contribution in [2.45, 2.75) is 13.3 Å². The minimum atomic E-state index is -0.212. The van der Waals surface area contributed by atoms with Crippen molar-refractivity contribution in [1.82, 2.24) is 15.2 Å². The monoisotopic (exact) mass is 382 g/mol. The predicted molar refractivity (Wildman–Crippen MR) is 105 cm³/mol. The van der Waals surface area contributed by atoms with E-state index in [0.29, 0.717) is 29.5 Å². The molecule has 8 nitrogen and oxygen atoms in total. The van der Waals surface area contributed by atoms with Gasteiger partial charge in [0.25, 0.3) is 0 Å². The Morgan fingerprint density at radius 3 is 2.50 bits per heavy atom. The minimum Gasteiger partial charge on any atom is -0.497 e. The molecule has 146 valence electrons. The minimum absolute atomic E-state index is 0.198. The molecule has 3 rings (SSSR count). The lowest BCUT2D eigenvalue weighted by atomic mass is 10.1. The van der Waals surface area contributed by atoms with Crippen LogP contribution in [-0.4, -0.2) is 41.9 Å². The third-order valence-corrected chi connectivity index (χ3v) is 4.00. The van der Waals surface area contributed by atoms with Crippen molar-refractivity contribution in [2.75, 3.05) is 26.1 Å². The van der Waals surface area contributed by atoms with E-state index in [1.165, 1.54) is 0 Å². The molecule has 0 aliphatic heterocycles. The summed E-state index contributed by atoms with van der Waals surface area (Å²) in [4.78, 5) is 16.6. The molecule has 0 unspecified atom stereocenters. The van der Waals surface area contributed by atoms with E-state index < -0.39 is 0 Å². The van der Waals surface area contributed by atoms with Crippen LogP contribution in [0, 0.1) is 0 Å². The lowest BCUT2D eigenvalue weighted by molar-refractivity contribution is -0.115. The van der Waals surface area contributed by atoms with Gasteiger partial charge in [-0.05, 0) is 36.8 Å². The normalized spacial score (nSPS) is 10.4. The summed E-state index contributed by atoms with van der Waals surface area (Å²) in [5.41, 5.74) is 1.58. The van der Waals surface area contributed by atoms with Crippen molar-refractivity contribution >= 4 is 11.9 Å². The molecule has 0 radical (unpaired) electrons. The second-order valence-corrected chi connectivity index (χ2v) is 5.88. The third kappa shape index (κ3) is 4.59. The zero-order valence-electron chi connectivity index (χ0n) is 16.0. The molecule has 0 saturated heterocycles. The number of nitrogens with zero attached hydrogens (tertiary/aromatic N) is 2. The number of benzene rings is 2. The summed E-state index contributed by atoms with van der Waals surface area (Å²) in [7, 11) is 3.15. The molecule has 1 heterocycles. The van der Waals surface area contributed by atoms with Crippen molar-refractivity contribution in [3.05, 3.63) is 48.0 Å². The van der Waals surface area contributed by atoms with E-state index in [2.05, 4.69) is 20.5 Å². The van der Waals surface area contributed by atoms with Gasteiger partial charge in [-0.25, -0.2) is 0 Å². The van der Waals surface area contributed by atoms with Crippen LogP contribution >= 0.6 is 0 Å². The maximum absolute atomic E-state index is 12.3. The number of anilines is 1. The maximum Gasteiger partial charge on any atom is 0.249 e. The summed E-state index contributed by atoms with van der Waals surface area (Å²) >= 11 is 0. The summed E-state index contributed by atoms with van der Waals surface area (Å²) in [5, 5.41) is 9.56. The van der Waals surface area contributed by atoms with Gasteiger partial charge in [-0.15, -0.1) is 5.10 Å². The Hall–Kier alpha value is -3.55. The fraction of sp³-hybridized carbons (Fsp3) is 0.250. The number of hydrogen-bond acceptors (Lipinski definition) is 6. The number of carbonyl (C=O) groups excluding carboxylic acids is 1. The first-order chi connectivity index (χ1) is 13.6. The van der Waals surface area contributed by atoms with Crippen molar-refractivity contribution in [3.63, 3.8) is 0 Å². The van der Waals surface area contributed by atoms with Crippen LogP contribution in [0.5, 0.6) is 17.2 Å². The van der Waals surface area contributed by atoms with Crippen LogP contribution in [0.15, 0.2) is 42.5 Å². The predicted octanol–water partition coefficient (Wildman–Crippen LogP) is 3.07. The third-order valence-electron chi connectivity index (χ3n) is 4.00. The molecular weight excluding hydrogens is 360 g/mol. The van der Waals surface area contributed by atoms with Crippen molar-refractivity contribution in [1.29, 1.82) is 0 Å². The number of H-pyrrole nitrogens is 1. The van der Waals surface area contributed by atoms with E-state index >= 15 is 0 Å². The zero-order chi connectivity index (χ0) is 19.9. The first kappa shape index (κ1) is 19.2. The molecule has 0 spiro atoms. The summed E-state index contributed by atoms with van der Waals surface area (Å²) in [6.45, 7) is 2.53. The van der Waals surface area contributed by atoms with E-state index in [9.17, 15) is 4.79 Å². The highest BCUT2D eigenvalue weighted by molar-refractivity contribution is 5.90. The summed E-state index contributed by atoms with van der Waals surface area (Å²) in [6, 6.07) is 12.8. The molecule has 0 aliphatic rings. The summed E-state index contributed by atoms with van der Waals surface area (Å²) < 4.78 is 16.0. The fourth-order valence-electron chi connectivity index (χ4n) is 2.66. The Morgan fingerprint density at radius 1 is 1.07 bits per heavy atom. The highest BCUT2D eigenvalue weighted by Gasteiger charge is 2.14. The average molecular weight is 382 g/mol. The second-order valence-electron chi connectivity index (χ2n) is 5.88. The number of aromatic amines is 1. The number of rotatable bonds is 8. The molecule has 1 amide bonds. The van der Waals surface area contributed by atoms with Crippen LogP contribution in [0.2, 0.25) is 0 Å². The van der Waals surface area contributed by atoms with Gasteiger partial charge in [0, 0.05) is 6.07 Å². The molecule has 0 aliphatic carbocycles. The van der Waals surface area contributed by atoms with E-state index in [0.717, 1.165) is 11.3 Å². The molecule has 0 atom stereocenters. The second kappa shape index (κ2) is 8.90. The van der Waals surface area contributed by atoms with E-state index in [1.807, 2.05) is 37.3 Å². The first-order valence-electron chi connectivity index (χ1n) is 8.79. The molecule has 0 fully saturated rings. The highest BCUT2D eigenvalue weighted by Crippen LogP contribution is 2.31. The largest absolute Gasteiger partial charge is 0.497 e. The van der Waals surface area contributed by atoms with Gasteiger partial charge in [-0.3, -0.25) is 15.2 Å².